The maximum atomic E-state index is 11.4. The second-order valence-electron chi connectivity index (χ2n) is 11.3. The monoisotopic (exact) mass is 773 g/mol. The fourth-order valence-electron chi connectivity index (χ4n) is 5.78. The Morgan fingerprint density at radius 3 is 2.00 bits per heavy atom. The molecule has 4 rings (SSSR count). The minimum atomic E-state index is -4.00. The lowest BCUT2D eigenvalue weighted by Crippen LogP contribution is -2.21. The summed E-state index contributed by atoms with van der Waals surface area (Å²) in [5, 5.41) is 1.20. The van der Waals surface area contributed by atoms with Gasteiger partial charge in [-0.2, -0.15) is 16.8 Å². The predicted octanol–water partition coefficient (Wildman–Crippen LogP) is 9.41. The zero-order valence-electron chi connectivity index (χ0n) is 27.4. The van der Waals surface area contributed by atoms with Gasteiger partial charge in [-0.1, -0.05) is 6.92 Å². The van der Waals surface area contributed by atoms with Crippen LogP contribution in [0.25, 0.3) is 16.2 Å². The smallest absolute Gasteiger partial charge is 0.264 e. The number of unbranched alkanes of at least 4 members (excludes halogenated alkanes) is 2. The van der Waals surface area contributed by atoms with Crippen LogP contribution in [0.5, 0.6) is 0 Å². The van der Waals surface area contributed by atoms with Crippen molar-refractivity contribution in [1.29, 1.82) is 0 Å². The second-order valence-corrected chi connectivity index (χ2v) is 18.9. The van der Waals surface area contributed by atoms with E-state index in [-0.39, 0.29) is 11.5 Å². The van der Waals surface area contributed by atoms with E-state index in [4.69, 9.17) is 0 Å². The summed E-state index contributed by atoms with van der Waals surface area (Å²) in [7, 11) is -8.00. The molecule has 258 valence electrons. The van der Waals surface area contributed by atoms with Gasteiger partial charge in [0.1, 0.15) is 0 Å². The van der Waals surface area contributed by atoms with Crippen LogP contribution in [0.3, 0.4) is 0 Å². The highest BCUT2D eigenvalue weighted by molar-refractivity contribution is 8.02. The summed E-state index contributed by atoms with van der Waals surface area (Å²) in [5.41, 5.74) is 5.94. The quantitative estimate of drug-likeness (QED) is 0.0778. The zero-order valence-corrected chi connectivity index (χ0v) is 33.1. The van der Waals surface area contributed by atoms with Crippen molar-refractivity contribution < 1.29 is 25.9 Å². The van der Waals surface area contributed by atoms with Gasteiger partial charge >= 0.3 is 0 Å². The molecular weight excluding hydrogens is 731 g/mol. The molecule has 47 heavy (non-hydrogen) atoms. The highest BCUT2D eigenvalue weighted by atomic mass is 32.2. The van der Waals surface area contributed by atoms with E-state index in [2.05, 4.69) is 73.3 Å². The standard InChI is InChI=1S/C33H43NO6S7/c1-6-22(15-24-17-23-18-30(41-2)32(43-4)20-27(23)34(24)12-8-10-14-47(38,39)40)16-28-25(11-7-9-13-46(35,36)37)26-19-31(42-3)33(44-5)21-29(26)45-28/h15-16,18-21H,6-14,17H2,1-5H3,(H,35,36,37)(H,38,39,40)/b22-16-,24-15-. The van der Waals surface area contributed by atoms with Gasteiger partial charge in [0.15, 0.2) is 0 Å². The van der Waals surface area contributed by atoms with E-state index in [0.29, 0.717) is 38.6 Å². The summed E-state index contributed by atoms with van der Waals surface area (Å²) < 4.78 is 65.2. The number of fused-ring (bicyclic) bond motifs is 2. The topological polar surface area (TPSA) is 112 Å². The Kier molecular flexibility index (Phi) is 14.2. The number of rotatable bonds is 17. The van der Waals surface area contributed by atoms with Gasteiger partial charge in [0.25, 0.3) is 20.2 Å². The third-order valence-electron chi connectivity index (χ3n) is 8.11. The van der Waals surface area contributed by atoms with Crippen LogP contribution >= 0.6 is 58.4 Å². The first-order chi connectivity index (χ1) is 22.3. The second kappa shape index (κ2) is 17.2. The first kappa shape index (κ1) is 38.7. The number of thioether (sulfide) groups is 4. The Labute approximate surface area is 301 Å². The van der Waals surface area contributed by atoms with Gasteiger partial charge in [0, 0.05) is 53.5 Å². The molecule has 0 unspecified atom stereocenters. The van der Waals surface area contributed by atoms with Crippen molar-refractivity contribution in [3.63, 3.8) is 0 Å². The summed E-state index contributed by atoms with van der Waals surface area (Å²) >= 11 is 8.67. The van der Waals surface area contributed by atoms with Gasteiger partial charge in [0.2, 0.25) is 0 Å². The van der Waals surface area contributed by atoms with Gasteiger partial charge in [-0.05, 0) is 122 Å². The van der Waals surface area contributed by atoms with Crippen LogP contribution in [-0.4, -0.2) is 69.0 Å². The molecule has 0 radical (unpaired) electrons. The van der Waals surface area contributed by atoms with E-state index >= 15 is 0 Å². The van der Waals surface area contributed by atoms with Crippen LogP contribution in [0.15, 0.2) is 61.2 Å². The molecule has 0 amide bonds. The Morgan fingerprint density at radius 2 is 1.40 bits per heavy atom. The van der Waals surface area contributed by atoms with Gasteiger partial charge in [-0.3, -0.25) is 9.11 Å². The molecule has 2 aromatic carbocycles. The zero-order chi connectivity index (χ0) is 34.4. The van der Waals surface area contributed by atoms with Crippen LogP contribution in [0.1, 0.15) is 55.0 Å². The van der Waals surface area contributed by atoms with Gasteiger partial charge in [-0.25, -0.2) is 0 Å². The largest absolute Gasteiger partial charge is 0.344 e. The number of hydrogen-bond acceptors (Lipinski definition) is 10. The van der Waals surface area contributed by atoms with Gasteiger partial charge < -0.3 is 4.90 Å². The van der Waals surface area contributed by atoms with Gasteiger partial charge in [-0.15, -0.1) is 58.4 Å². The predicted molar refractivity (Wildman–Crippen MR) is 208 cm³/mol. The van der Waals surface area contributed by atoms with Crippen molar-refractivity contribution in [3.05, 3.63) is 57.6 Å². The fourth-order valence-corrected chi connectivity index (χ4v) is 11.2. The molecule has 0 saturated heterocycles. The first-order valence-electron chi connectivity index (χ1n) is 15.3. The van der Waals surface area contributed by atoms with Crippen molar-refractivity contribution >= 4 is 100 Å². The Morgan fingerprint density at radius 1 is 0.830 bits per heavy atom. The average Bonchev–Trinajstić information content (AvgIpc) is 3.53. The highest BCUT2D eigenvalue weighted by Crippen LogP contribution is 2.43. The maximum absolute atomic E-state index is 11.4. The molecule has 0 aliphatic carbocycles. The molecule has 2 N–H and O–H groups in total. The molecule has 0 spiro atoms. The summed E-state index contributed by atoms with van der Waals surface area (Å²) in [6.07, 6.45) is 17.2. The highest BCUT2D eigenvalue weighted by Gasteiger charge is 2.26. The molecule has 0 fully saturated rings. The summed E-state index contributed by atoms with van der Waals surface area (Å²) in [4.78, 5) is 8.38. The molecule has 7 nitrogen and oxygen atoms in total. The Hall–Kier alpha value is -1.10. The Bertz CT molecular complexity index is 1860. The molecule has 1 aliphatic rings. The number of benzene rings is 2. The van der Waals surface area contributed by atoms with E-state index in [1.54, 1.807) is 58.4 Å². The molecule has 14 heteroatoms. The summed E-state index contributed by atoms with van der Waals surface area (Å²) in [6, 6.07) is 9.04. The molecule has 0 atom stereocenters. The van der Waals surface area contributed by atoms with Crippen molar-refractivity contribution in [2.75, 3.05) is 48.0 Å². The van der Waals surface area contributed by atoms with E-state index in [1.807, 2.05) is 0 Å². The van der Waals surface area contributed by atoms with Crippen LogP contribution in [0.2, 0.25) is 0 Å². The van der Waals surface area contributed by atoms with Crippen molar-refractivity contribution in [1.82, 2.24) is 0 Å². The van der Waals surface area contributed by atoms with Gasteiger partial charge in [0.05, 0.1) is 11.5 Å². The molecule has 0 saturated carbocycles. The lowest BCUT2D eigenvalue weighted by Gasteiger charge is -2.23. The summed E-state index contributed by atoms with van der Waals surface area (Å²) in [6.45, 7) is 2.80. The lowest BCUT2D eigenvalue weighted by atomic mass is 10.0. The molecule has 2 heterocycles. The van der Waals surface area contributed by atoms with E-state index in [9.17, 15) is 25.9 Å². The number of thiophene rings is 1. The van der Waals surface area contributed by atoms with Crippen molar-refractivity contribution in [3.8, 4) is 0 Å². The van der Waals surface area contributed by atoms with E-state index in [0.717, 1.165) is 29.1 Å². The SMILES string of the molecule is CCC(=C/c1sc2cc(SC)c(SC)cc2c1CCCCS(=O)(=O)O)/C=C1/Cc2cc(SC)c(SC)cc2N1CCCCS(=O)(=O)O. The minimum absolute atomic E-state index is 0.240. The van der Waals surface area contributed by atoms with Crippen LogP contribution in [0, 0.1) is 0 Å². The third-order valence-corrected chi connectivity index (χ3v) is 14.2. The van der Waals surface area contributed by atoms with Crippen molar-refractivity contribution in [2.45, 2.75) is 71.5 Å². The number of nitrogens with zero attached hydrogens (tertiary/aromatic N) is 1. The van der Waals surface area contributed by atoms with E-state index < -0.39 is 20.2 Å². The fraction of sp³-hybridized carbons (Fsp3) is 0.455. The molecule has 0 bridgehead atoms. The number of aryl methyl sites for hydroxylation is 1. The Balaban J connectivity index is 1.75. The third kappa shape index (κ3) is 10.5. The summed E-state index contributed by atoms with van der Waals surface area (Å²) in [5.74, 6) is -0.486. The van der Waals surface area contributed by atoms with Crippen LogP contribution in [-0.2, 0) is 33.1 Å². The average molecular weight is 774 g/mol. The number of allylic oxidation sites excluding steroid dienone is 3. The minimum Gasteiger partial charge on any atom is -0.344 e. The maximum Gasteiger partial charge on any atom is 0.264 e. The van der Waals surface area contributed by atoms with Crippen LogP contribution in [0.4, 0.5) is 5.69 Å². The number of hydrogen-bond donors (Lipinski definition) is 2. The molecular formula is C33H43NO6S7. The first-order valence-corrected chi connectivity index (χ1v) is 24.2. The van der Waals surface area contributed by atoms with Crippen LogP contribution < -0.4 is 4.90 Å². The lowest BCUT2D eigenvalue weighted by molar-refractivity contribution is 0.478. The normalized spacial score (nSPS) is 14.9. The molecule has 1 aliphatic heterocycles. The number of anilines is 1. The molecule has 3 aromatic rings. The van der Waals surface area contributed by atoms with Crippen molar-refractivity contribution in [2.24, 2.45) is 0 Å². The molecule has 1 aromatic heterocycles. The van der Waals surface area contributed by atoms with E-state index in [1.165, 1.54) is 46.4 Å².